The maximum atomic E-state index is 13.8. The summed E-state index contributed by atoms with van der Waals surface area (Å²) >= 11 is 10.4. The highest BCUT2D eigenvalue weighted by atomic mass is 79.9. The van der Waals surface area contributed by atoms with E-state index < -0.39 is 5.82 Å². The largest absolute Gasteiger partial charge is 0.230 e. The van der Waals surface area contributed by atoms with Crippen LogP contribution in [0.25, 0.3) is 10.9 Å². The molecular formula is C10H7BrClFN2S. The Morgan fingerprint density at radius 3 is 3.00 bits per heavy atom. The standard InChI is InChI=1S/C10H7BrClFN2S/c1-2-16-10-14-4-5-3-6(12)7(11)8(13)9(5)15-10/h3-4H,2H2,1H3. The monoisotopic (exact) mass is 320 g/mol. The fraction of sp³-hybridized carbons (Fsp3) is 0.200. The van der Waals surface area contributed by atoms with Gasteiger partial charge in [-0.1, -0.05) is 30.3 Å². The van der Waals surface area contributed by atoms with Gasteiger partial charge in [0.05, 0.1) is 9.50 Å². The normalized spacial score (nSPS) is 11.0. The van der Waals surface area contributed by atoms with E-state index in [0.717, 1.165) is 5.75 Å². The van der Waals surface area contributed by atoms with Crippen LogP contribution < -0.4 is 0 Å². The summed E-state index contributed by atoms with van der Waals surface area (Å²) in [4.78, 5) is 8.27. The second-order valence-corrected chi connectivity index (χ2v) is 5.44. The highest BCUT2D eigenvalue weighted by Crippen LogP contribution is 2.31. The van der Waals surface area contributed by atoms with Gasteiger partial charge in [0.2, 0.25) is 0 Å². The Balaban J connectivity index is 2.68. The van der Waals surface area contributed by atoms with E-state index in [9.17, 15) is 4.39 Å². The molecule has 0 atom stereocenters. The minimum Gasteiger partial charge on any atom is -0.230 e. The average molecular weight is 322 g/mol. The highest BCUT2D eigenvalue weighted by Gasteiger charge is 2.12. The van der Waals surface area contributed by atoms with Gasteiger partial charge in [-0.3, -0.25) is 0 Å². The van der Waals surface area contributed by atoms with E-state index in [1.165, 1.54) is 11.8 Å². The Bertz CT molecular complexity index is 550. The molecule has 0 aliphatic carbocycles. The molecule has 0 spiro atoms. The molecule has 0 saturated carbocycles. The van der Waals surface area contributed by atoms with E-state index in [0.29, 0.717) is 21.1 Å². The van der Waals surface area contributed by atoms with Crippen molar-refractivity contribution in [3.8, 4) is 0 Å². The third-order valence-electron chi connectivity index (χ3n) is 1.96. The van der Waals surface area contributed by atoms with Crippen LogP contribution >= 0.6 is 39.3 Å². The van der Waals surface area contributed by atoms with Gasteiger partial charge in [0, 0.05) is 11.6 Å². The minimum absolute atomic E-state index is 0.243. The Morgan fingerprint density at radius 1 is 1.56 bits per heavy atom. The van der Waals surface area contributed by atoms with Gasteiger partial charge in [-0.15, -0.1) is 0 Å². The first-order chi connectivity index (χ1) is 7.63. The summed E-state index contributed by atoms with van der Waals surface area (Å²) in [5.41, 5.74) is 0.294. The predicted octanol–water partition coefficient (Wildman–Crippen LogP) is 4.30. The molecule has 2 nitrogen and oxygen atoms in total. The van der Waals surface area contributed by atoms with E-state index in [2.05, 4.69) is 25.9 Å². The zero-order valence-corrected chi connectivity index (χ0v) is 11.5. The molecule has 0 radical (unpaired) electrons. The summed E-state index contributed by atoms with van der Waals surface area (Å²) in [5.74, 6) is 0.407. The maximum absolute atomic E-state index is 13.8. The minimum atomic E-state index is -0.442. The SMILES string of the molecule is CCSc1ncc2cc(Cl)c(Br)c(F)c2n1. The first-order valence-electron chi connectivity index (χ1n) is 4.56. The van der Waals surface area contributed by atoms with Crippen molar-refractivity contribution < 1.29 is 4.39 Å². The lowest BCUT2D eigenvalue weighted by Gasteiger charge is -2.04. The van der Waals surface area contributed by atoms with Crippen molar-refractivity contribution in [1.29, 1.82) is 0 Å². The Morgan fingerprint density at radius 2 is 2.31 bits per heavy atom. The molecule has 0 aliphatic rings. The molecular weight excluding hydrogens is 315 g/mol. The van der Waals surface area contributed by atoms with Crippen molar-refractivity contribution in [3.63, 3.8) is 0 Å². The fourth-order valence-corrected chi connectivity index (χ4v) is 2.31. The van der Waals surface area contributed by atoms with Crippen LogP contribution in [0, 0.1) is 5.82 Å². The van der Waals surface area contributed by atoms with Crippen molar-refractivity contribution in [2.24, 2.45) is 0 Å². The lowest BCUT2D eigenvalue weighted by molar-refractivity contribution is 0.628. The quantitative estimate of drug-likeness (QED) is 0.468. The van der Waals surface area contributed by atoms with Gasteiger partial charge in [-0.25, -0.2) is 14.4 Å². The molecule has 0 N–H and O–H groups in total. The summed E-state index contributed by atoms with van der Waals surface area (Å²) < 4.78 is 14.1. The summed E-state index contributed by atoms with van der Waals surface area (Å²) in [5, 5.41) is 1.50. The average Bonchev–Trinajstić information content (AvgIpc) is 2.28. The number of aromatic nitrogens is 2. The number of thioether (sulfide) groups is 1. The van der Waals surface area contributed by atoms with Crippen LogP contribution in [0.5, 0.6) is 0 Å². The lowest BCUT2D eigenvalue weighted by atomic mass is 10.2. The van der Waals surface area contributed by atoms with Crippen molar-refractivity contribution in [3.05, 3.63) is 27.6 Å². The van der Waals surface area contributed by atoms with Gasteiger partial charge in [-0.2, -0.15) is 0 Å². The third-order valence-corrected chi connectivity index (χ3v) is 4.01. The van der Waals surface area contributed by atoms with Gasteiger partial charge >= 0.3 is 0 Å². The van der Waals surface area contributed by atoms with E-state index in [1.54, 1.807) is 12.3 Å². The van der Waals surface area contributed by atoms with Gasteiger partial charge < -0.3 is 0 Å². The van der Waals surface area contributed by atoms with Crippen LogP contribution in [0.2, 0.25) is 5.02 Å². The van der Waals surface area contributed by atoms with Gasteiger partial charge in [0.15, 0.2) is 11.0 Å². The second kappa shape index (κ2) is 4.85. The van der Waals surface area contributed by atoms with Crippen LogP contribution in [0.3, 0.4) is 0 Å². The molecule has 2 aromatic rings. The summed E-state index contributed by atoms with van der Waals surface area (Å²) in [6, 6.07) is 1.64. The number of fused-ring (bicyclic) bond motifs is 1. The molecule has 6 heteroatoms. The fourth-order valence-electron chi connectivity index (χ4n) is 1.26. The van der Waals surface area contributed by atoms with E-state index in [1.807, 2.05) is 6.92 Å². The summed E-state index contributed by atoms with van der Waals surface area (Å²) in [7, 11) is 0. The molecule has 0 saturated heterocycles. The smallest absolute Gasteiger partial charge is 0.188 e. The van der Waals surface area contributed by atoms with Crippen LogP contribution in [0.4, 0.5) is 4.39 Å². The number of benzene rings is 1. The second-order valence-electron chi connectivity index (χ2n) is 3.01. The predicted molar refractivity (Wildman–Crippen MR) is 68.6 cm³/mol. The summed E-state index contributed by atoms with van der Waals surface area (Å²) in [6.45, 7) is 1.99. The number of halogens is 3. The number of nitrogens with zero attached hydrogens (tertiary/aromatic N) is 2. The van der Waals surface area contributed by atoms with Gasteiger partial charge in [0.25, 0.3) is 0 Å². The topological polar surface area (TPSA) is 25.8 Å². The Hall–Kier alpha value is -0.390. The van der Waals surface area contributed by atoms with E-state index in [-0.39, 0.29) is 4.47 Å². The molecule has 2 rings (SSSR count). The van der Waals surface area contributed by atoms with Gasteiger partial charge in [-0.05, 0) is 27.7 Å². The lowest BCUT2D eigenvalue weighted by Crippen LogP contribution is -1.92. The molecule has 0 amide bonds. The Labute approximate surface area is 110 Å². The van der Waals surface area contributed by atoms with Crippen LogP contribution in [-0.2, 0) is 0 Å². The molecule has 84 valence electrons. The number of rotatable bonds is 2. The molecule has 0 fully saturated rings. The first kappa shape index (κ1) is 12.1. The van der Waals surface area contributed by atoms with Crippen molar-refractivity contribution >= 4 is 50.2 Å². The first-order valence-corrected chi connectivity index (χ1v) is 6.72. The molecule has 0 aliphatic heterocycles. The molecule has 0 bridgehead atoms. The number of hydrogen-bond acceptors (Lipinski definition) is 3. The molecule has 1 aromatic carbocycles. The maximum Gasteiger partial charge on any atom is 0.188 e. The van der Waals surface area contributed by atoms with Crippen molar-refractivity contribution in [2.45, 2.75) is 12.1 Å². The van der Waals surface area contributed by atoms with E-state index in [4.69, 9.17) is 11.6 Å². The zero-order chi connectivity index (χ0) is 11.7. The van der Waals surface area contributed by atoms with Crippen molar-refractivity contribution in [2.75, 3.05) is 5.75 Å². The number of hydrogen-bond donors (Lipinski definition) is 0. The molecule has 1 heterocycles. The molecule has 16 heavy (non-hydrogen) atoms. The summed E-state index contributed by atoms with van der Waals surface area (Å²) in [6.07, 6.45) is 1.59. The van der Waals surface area contributed by atoms with Gasteiger partial charge in [0.1, 0.15) is 5.52 Å². The van der Waals surface area contributed by atoms with E-state index >= 15 is 0 Å². The van der Waals surface area contributed by atoms with Crippen LogP contribution in [0.15, 0.2) is 21.9 Å². The van der Waals surface area contributed by atoms with Crippen LogP contribution in [0.1, 0.15) is 6.92 Å². The molecule has 0 unspecified atom stereocenters. The third kappa shape index (κ3) is 2.17. The molecule has 1 aromatic heterocycles. The van der Waals surface area contributed by atoms with Crippen LogP contribution in [-0.4, -0.2) is 15.7 Å². The Kier molecular flexibility index (Phi) is 3.66. The zero-order valence-electron chi connectivity index (χ0n) is 8.30. The highest BCUT2D eigenvalue weighted by molar-refractivity contribution is 9.10. The van der Waals surface area contributed by atoms with Crippen molar-refractivity contribution in [1.82, 2.24) is 9.97 Å².